The minimum Gasteiger partial charge on any atom is -0.376 e. The lowest BCUT2D eigenvalue weighted by Gasteiger charge is -2.35. The summed E-state index contributed by atoms with van der Waals surface area (Å²) < 4.78 is 28.9. The largest absolute Gasteiger partial charge is 0.376 e. The van der Waals surface area contributed by atoms with E-state index >= 15 is 0 Å². The molecule has 0 spiro atoms. The molecule has 0 radical (unpaired) electrons. The number of hydrogen-bond acceptors (Lipinski definition) is 4. The van der Waals surface area contributed by atoms with E-state index in [1.165, 1.54) is 0 Å². The van der Waals surface area contributed by atoms with Gasteiger partial charge in [0.2, 0.25) is 0 Å². The third kappa shape index (κ3) is 5.24. The molecule has 5 heteroatoms. The summed E-state index contributed by atoms with van der Waals surface area (Å²) in [6, 6.07) is 0.904. The fourth-order valence-electron chi connectivity index (χ4n) is 2.49. The predicted octanol–water partition coefficient (Wildman–Crippen LogP) is 1.75. The predicted molar refractivity (Wildman–Crippen MR) is 74.6 cm³/mol. The molecule has 0 aromatic rings. The molecule has 1 aliphatic heterocycles. The van der Waals surface area contributed by atoms with Crippen LogP contribution >= 0.6 is 0 Å². The summed E-state index contributed by atoms with van der Waals surface area (Å²) in [5.41, 5.74) is 0. The minimum absolute atomic E-state index is 0.156. The van der Waals surface area contributed by atoms with Crippen molar-refractivity contribution in [3.8, 4) is 0 Å². The molecule has 3 unspecified atom stereocenters. The molecule has 1 heterocycles. The highest BCUT2D eigenvalue weighted by Crippen LogP contribution is 2.18. The summed E-state index contributed by atoms with van der Waals surface area (Å²) >= 11 is 0. The molecule has 0 bridgehead atoms. The Hall–Kier alpha value is -0.130. The fourth-order valence-corrected chi connectivity index (χ4v) is 3.67. The molecule has 0 aliphatic carbocycles. The molecule has 4 nitrogen and oxygen atoms in total. The van der Waals surface area contributed by atoms with Crippen LogP contribution in [-0.4, -0.2) is 44.7 Å². The summed E-state index contributed by atoms with van der Waals surface area (Å²) in [4.78, 5) is 0. The summed E-state index contributed by atoms with van der Waals surface area (Å²) in [7, 11) is -2.91. The molecule has 18 heavy (non-hydrogen) atoms. The molecular weight excluding hydrogens is 250 g/mol. The van der Waals surface area contributed by atoms with Crippen molar-refractivity contribution in [3.05, 3.63) is 0 Å². The third-order valence-corrected chi connectivity index (χ3v) is 5.33. The molecule has 1 N–H and O–H groups in total. The summed E-state index contributed by atoms with van der Waals surface area (Å²) in [5, 5.41) is 3.51. The van der Waals surface area contributed by atoms with Gasteiger partial charge in [0.25, 0.3) is 0 Å². The van der Waals surface area contributed by atoms with E-state index < -0.39 is 9.84 Å². The average Bonchev–Trinajstić information content (AvgIpc) is 2.30. The first-order valence-electron chi connectivity index (χ1n) is 7.06. The van der Waals surface area contributed by atoms with Gasteiger partial charge in [0.15, 0.2) is 9.84 Å². The molecular formula is C13H27NO3S. The molecule has 108 valence electrons. The quantitative estimate of drug-likeness (QED) is 0.770. The number of nitrogens with one attached hydrogen (secondary N) is 1. The topological polar surface area (TPSA) is 55.4 Å². The molecule has 0 aromatic heterocycles. The summed E-state index contributed by atoms with van der Waals surface area (Å²) in [6.45, 7) is 6.54. The lowest BCUT2D eigenvalue weighted by molar-refractivity contribution is 0.00737. The van der Waals surface area contributed by atoms with Crippen molar-refractivity contribution in [1.29, 1.82) is 0 Å². The number of piperidine rings is 1. The van der Waals surface area contributed by atoms with Gasteiger partial charge in [-0.1, -0.05) is 13.8 Å². The van der Waals surface area contributed by atoms with Crippen molar-refractivity contribution in [1.82, 2.24) is 5.32 Å². The van der Waals surface area contributed by atoms with Crippen LogP contribution in [0, 0.1) is 0 Å². The number of rotatable bonds is 7. The maximum Gasteiger partial charge on any atom is 0.152 e. The Kier molecular flexibility index (Phi) is 6.60. The first-order valence-corrected chi connectivity index (χ1v) is 8.88. The van der Waals surface area contributed by atoms with Gasteiger partial charge in [-0.15, -0.1) is 0 Å². The maximum absolute atomic E-state index is 11.6. The average molecular weight is 277 g/mol. The van der Waals surface area contributed by atoms with Crippen LogP contribution in [0.3, 0.4) is 0 Å². The van der Waals surface area contributed by atoms with Crippen LogP contribution in [0.2, 0.25) is 0 Å². The highest BCUT2D eigenvalue weighted by Gasteiger charge is 2.27. The zero-order valence-corrected chi connectivity index (χ0v) is 12.6. The monoisotopic (exact) mass is 277 g/mol. The smallest absolute Gasteiger partial charge is 0.152 e. The van der Waals surface area contributed by atoms with Gasteiger partial charge in [-0.05, 0) is 32.6 Å². The number of hydrogen-bond donors (Lipinski definition) is 1. The lowest BCUT2D eigenvalue weighted by Crippen LogP contribution is -2.50. The van der Waals surface area contributed by atoms with Crippen LogP contribution in [0.25, 0.3) is 0 Å². The Labute approximate surface area is 111 Å². The van der Waals surface area contributed by atoms with Gasteiger partial charge in [0.05, 0.1) is 18.5 Å². The molecule has 1 saturated heterocycles. The van der Waals surface area contributed by atoms with Crippen LogP contribution in [0.4, 0.5) is 0 Å². The van der Waals surface area contributed by atoms with Crippen molar-refractivity contribution in [2.75, 3.05) is 18.1 Å². The van der Waals surface area contributed by atoms with E-state index in [-0.39, 0.29) is 17.6 Å². The number of sulfone groups is 1. The van der Waals surface area contributed by atoms with E-state index in [9.17, 15) is 8.42 Å². The molecule has 1 rings (SSSR count). The second-order valence-corrected chi connectivity index (χ2v) is 7.52. The van der Waals surface area contributed by atoms with Gasteiger partial charge in [0, 0.05) is 17.8 Å². The molecule has 0 aromatic carbocycles. The van der Waals surface area contributed by atoms with Crippen molar-refractivity contribution in [3.63, 3.8) is 0 Å². The SMILES string of the molecule is CCCS(=O)(=O)CCOC1CCC(C)NC1CC. The van der Waals surface area contributed by atoms with E-state index in [1.807, 2.05) is 6.92 Å². The van der Waals surface area contributed by atoms with Gasteiger partial charge in [0.1, 0.15) is 0 Å². The summed E-state index contributed by atoms with van der Waals surface area (Å²) in [5.74, 6) is 0.427. The van der Waals surface area contributed by atoms with E-state index in [4.69, 9.17) is 4.74 Å². The Bertz CT molecular complexity index is 329. The van der Waals surface area contributed by atoms with Crippen LogP contribution in [0.1, 0.15) is 46.5 Å². The van der Waals surface area contributed by atoms with E-state index in [0.717, 1.165) is 19.3 Å². The molecule has 0 amide bonds. The fraction of sp³-hybridized carbons (Fsp3) is 1.00. The molecule has 3 atom stereocenters. The van der Waals surface area contributed by atoms with Crippen LogP contribution in [0.5, 0.6) is 0 Å². The maximum atomic E-state index is 11.6. The highest BCUT2D eigenvalue weighted by atomic mass is 32.2. The molecule has 0 saturated carbocycles. The first-order chi connectivity index (χ1) is 8.48. The van der Waals surface area contributed by atoms with E-state index in [0.29, 0.717) is 25.1 Å². The molecule has 1 fully saturated rings. The van der Waals surface area contributed by atoms with Gasteiger partial charge in [-0.2, -0.15) is 0 Å². The highest BCUT2D eigenvalue weighted by molar-refractivity contribution is 7.91. The standard InChI is InChI=1S/C13H27NO3S/c1-4-9-18(15,16)10-8-17-13-7-6-11(3)14-12(13)5-2/h11-14H,4-10H2,1-3H3. The second-order valence-electron chi connectivity index (χ2n) is 5.22. The van der Waals surface area contributed by atoms with Crippen molar-refractivity contribution >= 4 is 9.84 Å². The van der Waals surface area contributed by atoms with Gasteiger partial charge in [-0.3, -0.25) is 0 Å². The summed E-state index contributed by atoms with van der Waals surface area (Å²) in [6.07, 6.45) is 4.01. The van der Waals surface area contributed by atoms with Gasteiger partial charge in [-0.25, -0.2) is 8.42 Å². The third-order valence-electron chi connectivity index (χ3n) is 3.51. The Balaban J connectivity index is 2.34. The van der Waals surface area contributed by atoms with Crippen LogP contribution in [-0.2, 0) is 14.6 Å². The van der Waals surface area contributed by atoms with Gasteiger partial charge < -0.3 is 10.1 Å². The Morgan fingerprint density at radius 3 is 2.56 bits per heavy atom. The lowest BCUT2D eigenvalue weighted by atomic mass is 9.95. The van der Waals surface area contributed by atoms with Crippen LogP contribution < -0.4 is 5.32 Å². The van der Waals surface area contributed by atoms with Crippen molar-refractivity contribution in [2.45, 2.75) is 64.6 Å². The Morgan fingerprint density at radius 2 is 1.94 bits per heavy atom. The number of ether oxygens (including phenoxy) is 1. The van der Waals surface area contributed by atoms with Crippen molar-refractivity contribution in [2.24, 2.45) is 0 Å². The van der Waals surface area contributed by atoms with Gasteiger partial charge >= 0.3 is 0 Å². The van der Waals surface area contributed by atoms with E-state index in [1.54, 1.807) is 0 Å². The van der Waals surface area contributed by atoms with Crippen LogP contribution in [0.15, 0.2) is 0 Å². The van der Waals surface area contributed by atoms with E-state index in [2.05, 4.69) is 19.2 Å². The molecule has 1 aliphatic rings. The normalized spacial score (nSPS) is 29.4. The Morgan fingerprint density at radius 1 is 1.22 bits per heavy atom. The second kappa shape index (κ2) is 7.46. The van der Waals surface area contributed by atoms with Crippen molar-refractivity contribution < 1.29 is 13.2 Å². The minimum atomic E-state index is -2.91. The first kappa shape index (κ1) is 15.9. The zero-order chi connectivity index (χ0) is 13.6. The zero-order valence-electron chi connectivity index (χ0n) is 11.8.